The molecule has 0 radical (unpaired) electrons. The lowest BCUT2D eigenvalue weighted by Gasteiger charge is -2.14. The van der Waals surface area contributed by atoms with Gasteiger partial charge in [-0.3, -0.25) is 0 Å². The molecule has 20 heavy (non-hydrogen) atoms. The van der Waals surface area contributed by atoms with Crippen molar-refractivity contribution in [3.8, 4) is 5.75 Å². The number of sulfonamides is 1. The number of nitrogens with two attached hydrogens (primary N) is 1. The number of halogens is 3. The predicted octanol–water partition coefficient (Wildman–Crippen LogP) is 1.85. The summed E-state index contributed by atoms with van der Waals surface area (Å²) in [5, 5.41) is 0. The predicted molar refractivity (Wildman–Crippen MR) is 67.9 cm³/mol. The lowest BCUT2D eigenvalue weighted by molar-refractivity contribution is -0.139. The second-order valence-corrected chi connectivity index (χ2v) is 6.35. The monoisotopic (exact) mass is 312 g/mol. The number of nitrogens with zero attached hydrogens (tertiary/aromatic N) is 1. The van der Waals surface area contributed by atoms with Gasteiger partial charge in [-0.1, -0.05) is 0 Å². The maximum atomic E-state index is 12.0. The third-order valence-corrected chi connectivity index (χ3v) is 4.21. The topological polar surface area (TPSA) is 72.6 Å². The van der Waals surface area contributed by atoms with Gasteiger partial charge >= 0.3 is 6.18 Å². The number of rotatable bonds is 5. The molecule has 1 rings (SSSR count). The second kappa shape index (κ2) is 5.88. The number of anilines is 1. The molecule has 0 atom stereocenters. The summed E-state index contributed by atoms with van der Waals surface area (Å²) in [7, 11) is -0.921. The Morgan fingerprint density at radius 3 is 2.35 bits per heavy atom. The van der Waals surface area contributed by atoms with E-state index in [-0.39, 0.29) is 16.3 Å². The Bertz CT molecular complexity index is 571. The van der Waals surface area contributed by atoms with Crippen LogP contribution >= 0.6 is 0 Å². The number of ether oxygens (including phenoxy) is 1. The van der Waals surface area contributed by atoms with Crippen molar-refractivity contribution in [2.24, 2.45) is 0 Å². The Labute approximate surface area is 115 Å². The molecular weight excluding hydrogens is 297 g/mol. The quantitative estimate of drug-likeness (QED) is 0.842. The van der Waals surface area contributed by atoms with Crippen molar-refractivity contribution < 1.29 is 26.3 Å². The van der Waals surface area contributed by atoms with E-state index < -0.39 is 29.2 Å². The van der Waals surface area contributed by atoms with Crippen LogP contribution in [0.25, 0.3) is 0 Å². The fourth-order valence-electron chi connectivity index (χ4n) is 1.31. The molecule has 114 valence electrons. The first-order valence-electron chi connectivity index (χ1n) is 5.55. The van der Waals surface area contributed by atoms with Gasteiger partial charge in [-0.2, -0.15) is 13.2 Å². The van der Waals surface area contributed by atoms with E-state index in [4.69, 9.17) is 10.5 Å². The van der Waals surface area contributed by atoms with Crippen LogP contribution in [-0.2, 0) is 10.0 Å². The molecule has 0 saturated heterocycles. The van der Waals surface area contributed by atoms with Crippen molar-refractivity contribution in [2.75, 3.05) is 26.4 Å². The second-order valence-electron chi connectivity index (χ2n) is 4.20. The molecule has 0 bridgehead atoms. The fourth-order valence-corrected chi connectivity index (χ4v) is 2.24. The zero-order valence-electron chi connectivity index (χ0n) is 10.9. The molecule has 1 aromatic carbocycles. The minimum absolute atomic E-state index is 0.0203. The van der Waals surface area contributed by atoms with Crippen molar-refractivity contribution in [3.05, 3.63) is 18.2 Å². The van der Waals surface area contributed by atoms with E-state index in [1.807, 2.05) is 0 Å². The zero-order valence-corrected chi connectivity index (χ0v) is 11.8. The Kier molecular flexibility index (Phi) is 4.87. The largest absolute Gasteiger partial charge is 0.491 e. The summed E-state index contributed by atoms with van der Waals surface area (Å²) >= 11 is 0. The third-order valence-electron chi connectivity index (χ3n) is 2.40. The average molecular weight is 312 g/mol. The highest BCUT2D eigenvalue weighted by atomic mass is 32.2. The maximum absolute atomic E-state index is 12.0. The summed E-state index contributed by atoms with van der Waals surface area (Å²) in [5.41, 5.74) is 5.55. The van der Waals surface area contributed by atoms with Crippen molar-refractivity contribution in [1.29, 1.82) is 0 Å². The van der Waals surface area contributed by atoms with Gasteiger partial charge in [-0.25, -0.2) is 12.7 Å². The molecule has 5 nitrogen and oxygen atoms in total. The van der Waals surface area contributed by atoms with Crippen LogP contribution in [0, 0.1) is 0 Å². The SMILES string of the molecule is CN(C)S(=O)(=O)c1ccc(OCCC(F)(F)F)c(N)c1. The van der Waals surface area contributed by atoms with E-state index in [1.165, 1.54) is 26.2 Å². The summed E-state index contributed by atoms with van der Waals surface area (Å²) in [4.78, 5) is -0.0526. The lowest BCUT2D eigenvalue weighted by atomic mass is 10.3. The molecule has 0 heterocycles. The van der Waals surface area contributed by atoms with E-state index in [0.717, 1.165) is 10.4 Å². The number of nitrogen functional groups attached to an aromatic ring is 1. The normalized spacial score (nSPS) is 12.7. The molecule has 1 aromatic rings. The minimum Gasteiger partial charge on any atom is -0.491 e. The number of benzene rings is 1. The summed E-state index contributed by atoms with van der Waals surface area (Å²) in [6.07, 6.45) is -5.42. The molecule has 0 amide bonds. The van der Waals surface area contributed by atoms with Crippen LogP contribution < -0.4 is 10.5 Å². The summed E-state index contributed by atoms with van der Waals surface area (Å²) in [5.74, 6) is 0.0203. The molecule has 0 unspecified atom stereocenters. The van der Waals surface area contributed by atoms with Gasteiger partial charge in [-0.05, 0) is 18.2 Å². The Balaban J connectivity index is 2.85. The number of hydrogen-bond acceptors (Lipinski definition) is 4. The van der Waals surface area contributed by atoms with Crippen molar-refractivity contribution in [1.82, 2.24) is 4.31 Å². The maximum Gasteiger partial charge on any atom is 0.392 e. The Hall–Kier alpha value is -1.48. The molecule has 0 fully saturated rings. The van der Waals surface area contributed by atoms with Gasteiger partial charge in [0.25, 0.3) is 0 Å². The van der Waals surface area contributed by atoms with E-state index in [0.29, 0.717) is 0 Å². The van der Waals surface area contributed by atoms with Crippen LogP contribution in [0.3, 0.4) is 0 Å². The Morgan fingerprint density at radius 1 is 1.30 bits per heavy atom. The smallest absolute Gasteiger partial charge is 0.392 e. The minimum atomic E-state index is -4.32. The Morgan fingerprint density at radius 2 is 1.90 bits per heavy atom. The van der Waals surface area contributed by atoms with E-state index >= 15 is 0 Å². The first kappa shape index (κ1) is 16.6. The van der Waals surface area contributed by atoms with Gasteiger partial charge in [-0.15, -0.1) is 0 Å². The first-order valence-corrected chi connectivity index (χ1v) is 6.99. The van der Waals surface area contributed by atoms with E-state index in [9.17, 15) is 21.6 Å². The van der Waals surface area contributed by atoms with Crippen molar-refractivity contribution in [2.45, 2.75) is 17.5 Å². The average Bonchev–Trinajstić information content (AvgIpc) is 2.29. The van der Waals surface area contributed by atoms with Crippen molar-refractivity contribution >= 4 is 15.7 Å². The molecule has 0 spiro atoms. The molecule has 0 aliphatic rings. The van der Waals surface area contributed by atoms with Gasteiger partial charge < -0.3 is 10.5 Å². The number of alkyl halides is 3. The van der Waals surface area contributed by atoms with E-state index in [2.05, 4.69) is 0 Å². The highest BCUT2D eigenvalue weighted by Gasteiger charge is 2.27. The highest BCUT2D eigenvalue weighted by molar-refractivity contribution is 7.89. The van der Waals surface area contributed by atoms with Crippen molar-refractivity contribution in [3.63, 3.8) is 0 Å². The molecule has 9 heteroatoms. The van der Waals surface area contributed by atoms with Crippen LogP contribution in [0.2, 0.25) is 0 Å². The summed E-state index contributed by atoms with van der Waals surface area (Å²) in [6, 6.07) is 3.62. The molecular formula is C11H15F3N2O3S. The summed E-state index contributed by atoms with van der Waals surface area (Å²) < 4.78 is 65.5. The molecule has 0 aromatic heterocycles. The fraction of sp³-hybridized carbons (Fsp3) is 0.455. The van der Waals surface area contributed by atoms with Crippen LogP contribution in [0.4, 0.5) is 18.9 Å². The zero-order chi connectivity index (χ0) is 15.6. The van der Waals surface area contributed by atoms with Gasteiger partial charge in [0, 0.05) is 14.1 Å². The standard InChI is InChI=1S/C11H15F3N2O3S/c1-16(2)20(17,18)8-3-4-10(9(15)7-8)19-6-5-11(12,13)14/h3-4,7H,5-6,15H2,1-2H3. The molecule has 0 saturated carbocycles. The molecule has 0 aliphatic carbocycles. The van der Waals surface area contributed by atoms with Crippen LogP contribution in [0.1, 0.15) is 6.42 Å². The van der Waals surface area contributed by atoms with Gasteiger partial charge in [0.2, 0.25) is 10.0 Å². The lowest BCUT2D eigenvalue weighted by Crippen LogP contribution is -2.22. The highest BCUT2D eigenvalue weighted by Crippen LogP contribution is 2.27. The summed E-state index contributed by atoms with van der Waals surface area (Å²) in [6.45, 7) is -0.576. The number of hydrogen-bond donors (Lipinski definition) is 1. The van der Waals surface area contributed by atoms with Crippen LogP contribution in [0.5, 0.6) is 5.75 Å². The van der Waals surface area contributed by atoms with Gasteiger partial charge in [0.05, 0.1) is 23.6 Å². The third kappa shape index (κ3) is 4.27. The van der Waals surface area contributed by atoms with Crippen LogP contribution in [-0.4, -0.2) is 39.6 Å². The van der Waals surface area contributed by atoms with Gasteiger partial charge in [0.15, 0.2) is 0 Å². The van der Waals surface area contributed by atoms with Crippen LogP contribution in [0.15, 0.2) is 23.1 Å². The van der Waals surface area contributed by atoms with E-state index in [1.54, 1.807) is 0 Å². The first-order chi connectivity index (χ1) is 9.04. The van der Waals surface area contributed by atoms with Gasteiger partial charge in [0.1, 0.15) is 5.75 Å². The molecule has 0 aliphatic heterocycles. The molecule has 2 N–H and O–H groups in total.